The summed E-state index contributed by atoms with van der Waals surface area (Å²) in [5, 5.41) is 3.43. The molecule has 3 N–H and O–H groups in total. The Balaban J connectivity index is 2.06. The lowest BCUT2D eigenvalue weighted by Gasteiger charge is -2.15. The summed E-state index contributed by atoms with van der Waals surface area (Å²) in [6, 6.07) is 5.75. The number of esters is 1. The second-order valence-electron chi connectivity index (χ2n) is 5.03. The van der Waals surface area contributed by atoms with Crippen molar-refractivity contribution in [3.05, 3.63) is 23.8 Å². The molecule has 110 valence electrons. The molecule has 0 amide bonds. The molecule has 0 bridgehead atoms. The number of nitrogens with two attached hydrogens (primary N) is 1. The van der Waals surface area contributed by atoms with Gasteiger partial charge in [-0.25, -0.2) is 4.79 Å². The van der Waals surface area contributed by atoms with Crippen LogP contribution in [-0.2, 0) is 9.47 Å². The fourth-order valence-electron chi connectivity index (χ4n) is 2.55. The lowest BCUT2D eigenvalue weighted by Crippen LogP contribution is -2.18. The molecule has 1 aromatic carbocycles. The molecule has 0 saturated heterocycles. The normalized spacial score (nSPS) is 21.7. The topological polar surface area (TPSA) is 73.6 Å². The van der Waals surface area contributed by atoms with Crippen LogP contribution in [0, 0.1) is 0 Å². The van der Waals surface area contributed by atoms with Crippen molar-refractivity contribution in [2.24, 2.45) is 0 Å². The Bertz CT molecular complexity index is 476. The van der Waals surface area contributed by atoms with Crippen molar-refractivity contribution >= 4 is 17.3 Å². The molecule has 0 aromatic heterocycles. The fourth-order valence-corrected chi connectivity index (χ4v) is 2.55. The Morgan fingerprint density at radius 1 is 1.45 bits per heavy atom. The van der Waals surface area contributed by atoms with Gasteiger partial charge in [0.25, 0.3) is 0 Å². The van der Waals surface area contributed by atoms with Crippen LogP contribution in [0.1, 0.15) is 36.5 Å². The van der Waals surface area contributed by atoms with E-state index < -0.39 is 0 Å². The van der Waals surface area contributed by atoms with Crippen molar-refractivity contribution in [2.45, 2.75) is 38.3 Å². The van der Waals surface area contributed by atoms with Crippen LogP contribution < -0.4 is 11.1 Å². The van der Waals surface area contributed by atoms with Crippen molar-refractivity contribution in [1.29, 1.82) is 0 Å². The van der Waals surface area contributed by atoms with Crippen LogP contribution in [0.4, 0.5) is 11.4 Å². The number of nitrogen functional groups attached to an aromatic ring is 1. The van der Waals surface area contributed by atoms with Crippen molar-refractivity contribution in [2.75, 3.05) is 24.8 Å². The van der Waals surface area contributed by atoms with Gasteiger partial charge in [0.05, 0.1) is 18.3 Å². The molecular weight excluding hydrogens is 256 g/mol. The predicted octanol–water partition coefficient (Wildman–Crippen LogP) is 2.42. The van der Waals surface area contributed by atoms with Crippen LogP contribution in [0.25, 0.3) is 0 Å². The molecular formula is C15H22N2O3. The van der Waals surface area contributed by atoms with Crippen LogP contribution in [-0.4, -0.2) is 31.8 Å². The minimum Gasteiger partial charge on any atom is -0.462 e. The highest BCUT2D eigenvalue weighted by atomic mass is 16.5. The summed E-state index contributed by atoms with van der Waals surface area (Å²) in [6.45, 7) is 2.12. The molecule has 1 aliphatic rings. The first-order chi connectivity index (χ1) is 9.63. The van der Waals surface area contributed by atoms with Crippen molar-refractivity contribution in [3.8, 4) is 0 Å². The van der Waals surface area contributed by atoms with Gasteiger partial charge in [-0.05, 0) is 44.4 Å². The van der Waals surface area contributed by atoms with Gasteiger partial charge in [0.15, 0.2) is 0 Å². The summed E-state index contributed by atoms with van der Waals surface area (Å²) < 4.78 is 10.4. The number of benzene rings is 1. The molecule has 1 saturated carbocycles. The van der Waals surface area contributed by atoms with Crippen LogP contribution >= 0.6 is 0 Å². The van der Waals surface area contributed by atoms with Crippen LogP contribution in [0.15, 0.2) is 18.2 Å². The number of rotatable bonds is 5. The third-order valence-electron chi connectivity index (χ3n) is 3.64. The Morgan fingerprint density at radius 2 is 2.25 bits per heavy atom. The molecule has 5 nitrogen and oxygen atoms in total. The van der Waals surface area contributed by atoms with Gasteiger partial charge in [-0.15, -0.1) is 0 Å². The van der Waals surface area contributed by atoms with E-state index in [0.717, 1.165) is 24.9 Å². The number of anilines is 2. The summed E-state index contributed by atoms with van der Waals surface area (Å²) in [5.74, 6) is -0.380. The fraction of sp³-hybridized carbons (Fsp3) is 0.533. The van der Waals surface area contributed by atoms with E-state index in [1.54, 1.807) is 26.2 Å². The number of nitrogens with one attached hydrogen (secondary N) is 1. The van der Waals surface area contributed by atoms with Gasteiger partial charge in [0.1, 0.15) is 0 Å². The molecule has 0 aliphatic heterocycles. The van der Waals surface area contributed by atoms with Gasteiger partial charge >= 0.3 is 5.97 Å². The zero-order chi connectivity index (χ0) is 14.5. The third-order valence-corrected chi connectivity index (χ3v) is 3.64. The van der Waals surface area contributed by atoms with Gasteiger partial charge in [-0.2, -0.15) is 0 Å². The molecule has 1 fully saturated rings. The molecule has 20 heavy (non-hydrogen) atoms. The lowest BCUT2D eigenvalue weighted by atomic mass is 10.1. The largest absolute Gasteiger partial charge is 0.462 e. The van der Waals surface area contributed by atoms with Crippen molar-refractivity contribution in [3.63, 3.8) is 0 Å². The molecule has 1 aromatic rings. The SMILES string of the molecule is CCOC(=O)c1cc(NC2CCC(OC)C2)ccc1N. The molecule has 0 radical (unpaired) electrons. The number of methoxy groups -OCH3 is 1. The number of hydrogen-bond acceptors (Lipinski definition) is 5. The molecule has 2 atom stereocenters. The zero-order valence-electron chi connectivity index (χ0n) is 12.0. The maximum absolute atomic E-state index is 11.8. The van der Waals surface area contributed by atoms with Crippen LogP contribution in [0.3, 0.4) is 0 Å². The quantitative estimate of drug-likeness (QED) is 0.639. The Morgan fingerprint density at radius 3 is 2.90 bits per heavy atom. The highest BCUT2D eigenvalue weighted by molar-refractivity contribution is 5.96. The molecule has 0 spiro atoms. The Kier molecular flexibility index (Phi) is 4.84. The van der Waals surface area contributed by atoms with E-state index in [1.165, 1.54) is 0 Å². The van der Waals surface area contributed by atoms with Crippen LogP contribution in [0.5, 0.6) is 0 Å². The van der Waals surface area contributed by atoms with Gasteiger partial charge < -0.3 is 20.5 Å². The number of ether oxygens (including phenoxy) is 2. The molecule has 2 rings (SSSR count). The van der Waals surface area contributed by atoms with Crippen molar-refractivity contribution < 1.29 is 14.3 Å². The van der Waals surface area contributed by atoms with Gasteiger partial charge in [0.2, 0.25) is 0 Å². The second kappa shape index (κ2) is 6.61. The summed E-state index contributed by atoms with van der Waals surface area (Å²) in [7, 11) is 1.75. The van der Waals surface area contributed by atoms with E-state index in [0.29, 0.717) is 30.0 Å². The van der Waals surface area contributed by atoms with Crippen molar-refractivity contribution in [1.82, 2.24) is 0 Å². The summed E-state index contributed by atoms with van der Waals surface area (Å²) in [6.07, 6.45) is 3.44. The van der Waals surface area contributed by atoms with E-state index in [2.05, 4.69) is 5.32 Å². The maximum Gasteiger partial charge on any atom is 0.340 e. The average molecular weight is 278 g/mol. The van der Waals surface area contributed by atoms with Gasteiger partial charge in [-0.1, -0.05) is 0 Å². The molecule has 5 heteroatoms. The predicted molar refractivity (Wildman–Crippen MR) is 78.9 cm³/mol. The van der Waals surface area contributed by atoms with E-state index >= 15 is 0 Å². The highest BCUT2D eigenvalue weighted by Crippen LogP contribution is 2.26. The Hall–Kier alpha value is -1.75. The summed E-state index contributed by atoms with van der Waals surface area (Å²) in [5.41, 5.74) is 7.57. The van der Waals surface area contributed by atoms with E-state index in [9.17, 15) is 4.79 Å². The lowest BCUT2D eigenvalue weighted by molar-refractivity contribution is 0.0527. The minimum absolute atomic E-state index is 0.325. The second-order valence-corrected chi connectivity index (χ2v) is 5.03. The first-order valence-electron chi connectivity index (χ1n) is 7.00. The van der Waals surface area contributed by atoms with Crippen LogP contribution in [0.2, 0.25) is 0 Å². The number of carbonyl (C=O) groups is 1. The maximum atomic E-state index is 11.8. The standard InChI is InChI=1S/C15H22N2O3/c1-3-20-15(18)13-9-11(5-7-14(13)16)17-10-4-6-12(8-10)19-2/h5,7,9-10,12,17H,3-4,6,8,16H2,1-2H3. The first kappa shape index (κ1) is 14.7. The number of carbonyl (C=O) groups excluding carboxylic acids is 1. The van der Waals surface area contributed by atoms with Gasteiger partial charge in [-0.3, -0.25) is 0 Å². The zero-order valence-corrected chi connectivity index (χ0v) is 12.0. The average Bonchev–Trinajstić information content (AvgIpc) is 2.89. The van der Waals surface area contributed by atoms with E-state index in [-0.39, 0.29) is 5.97 Å². The molecule has 2 unspecified atom stereocenters. The molecule has 1 aliphatic carbocycles. The van der Waals surface area contributed by atoms with E-state index in [4.69, 9.17) is 15.2 Å². The Labute approximate surface area is 119 Å². The summed E-state index contributed by atoms with van der Waals surface area (Å²) >= 11 is 0. The smallest absolute Gasteiger partial charge is 0.340 e. The first-order valence-corrected chi connectivity index (χ1v) is 7.00. The summed E-state index contributed by atoms with van der Waals surface area (Å²) in [4.78, 5) is 11.8. The minimum atomic E-state index is -0.380. The molecule has 0 heterocycles. The highest BCUT2D eigenvalue weighted by Gasteiger charge is 2.24. The monoisotopic (exact) mass is 278 g/mol. The van der Waals surface area contributed by atoms with Gasteiger partial charge in [0, 0.05) is 24.5 Å². The number of hydrogen-bond donors (Lipinski definition) is 2. The third kappa shape index (κ3) is 3.42. The van der Waals surface area contributed by atoms with E-state index in [1.807, 2.05) is 6.07 Å².